The maximum absolute atomic E-state index is 5.47. The molecule has 0 aliphatic heterocycles. The fourth-order valence-corrected chi connectivity index (χ4v) is 1.33. The van der Waals surface area contributed by atoms with Crippen LogP contribution in [0.15, 0.2) is 41.0 Å². The van der Waals surface area contributed by atoms with Crippen molar-refractivity contribution in [3.63, 3.8) is 0 Å². The largest absolute Gasteiger partial charge is 0.444 e. The van der Waals surface area contributed by atoms with Crippen molar-refractivity contribution < 1.29 is 4.42 Å². The van der Waals surface area contributed by atoms with Crippen molar-refractivity contribution in [3.8, 4) is 11.5 Å². The van der Waals surface area contributed by atoms with Crippen molar-refractivity contribution in [1.82, 2.24) is 4.98 Å². The monoisotopic (exact) mass is 201 g/mol. The van der Waals surface area contributed by atoms with E-state index in [0.29, 0.717) is 5.89 Å². The zero-order valence-electron chi connectivity index (χ0n) is 9.32. The van der Waals surface area contributed by atoms with E-state index in [9.17, 15) is 0 Å². The van der Waals surface area contributed by atoms with Crippen LogP contribution in [-0.2, 0) is 5.41 Å². The second-order valence-electron chi connectivity index (χ2n) is 4.65. The van der Waals surface area contributed by atoms with Crippen molar-refractivity contribution in [2.75, 3.05) is 0 Å². The van der Waals surface area contributed by atoms with Crippen LogP contribution in [-0.4, -0.2) is 4.98 Å². The maximum Gasteiger partial charge on any atom is 0.226 e. The van der Waals surface area contributed by atoms with E-state index in [0.717, 1.165) is 11.3 Å². The molecule has 0 radical (unpaired) electrons. The van der Waals surface area contributed by atoms with Gasteiger partial charge in [-0.3, -0.25) is 0 Å². The molecule has 15 heavy (non-hydrogen) atoms. The summed E-state index contributed by atoms with van der Waals surface area (Å²) in [7, 11) is 0. The summed E-state index contributed by atoms with van der Waals surface area (Å²) in [5, 5.41) is 0. The third kappa shape index (κ3) is 2.09. The van der Waals surface area contributed by atoms with Crippen molar-refractivity contribution in [1.29, 1.82) is 0 Å². The van der Waals surface area contributed by atoms with Gasteiger partial charge in [0.2, 0.25) is 5.89 Å². The number of hydrogen-bond acceptors (Lipinski definition) is 2. The van der Waals surface area contributed by atoms with Gasteiger partial charge >= 0.3 is 0 Å². The summed E-state index contributed by atoms with van der Waals surface area (Å²) < 4.78 is 5.47. The molecule has 2 heteroatoms. The van der Waals surface area contributed by atoms with Crippen molar-refractivity contribution >= 4 is 0 Å². The van der Waals surface area contributed by atoms with Crippen LogP contribution in [0.4, 0.5) is 0 Å². The molecule has 0 amide bonds. The van der Waals surface area contributed by atoms with Gasteiger partial charge in [0.1, 0.15) is 6.26 Å². The van der Waals surface area contributed by atoms with Gasteiger partial charge in [-0.25, -0.2) is 4.98 Å². The van der Waals surface area contributed by atoms with Crippen LogP contribution in [0.5, 0.6) is 0 Å². The van der Waals surface area contributed by atoms with Gasteiger partial charge in [0.15, 0.2) is 0 Å². The second kappa shape index (κ2) is 3.54. The minimum atomic E-state index is 0.0382. The third-order valence-electron chi connectivity index (χ3n) is 2.29. The third-order valence-corrected chi connectivity index (χ3v) is 2.29. The molecule has 0 atom stereocenters. The topological polar surface area (TPSA) is 26.0 Å². The molecule has 0 fully saturated rings. The Morgan fingerprint density at radius 2 is 1.73 bits per heavy atom. The molecule has 0 saturated heterocycles. The number of nitrogens with zero attached hydrogens (tertiary/aromatic N) is 1. The first-order chi connectivity index (χ1) is 7.07. The molecule has 0 aliphatic rings. The molecule has 0 unspecified atom stereocenters. The number of rotatable bonds is 1. The van der Waals surface area contributed by atoms with Gasteiger partial charge in [-0.05, 0) is 12.1 Å². The van der Waals surface area contributed by atoms with Crippen LogP contribution in [0.2, 0.25) is 0 Å². The minimum Gasteiger partial charge on any atom is -0.444 e. The Morgan fingerprint density at radius 3 is 2.27 bits per heavy atom. The lowest BCUT2D eigenvalue weighted by Crippen LogP contribution is -2.11. The summed E-state index contributed by atoms with van der Waals surface area (Å²) in [6, 6.07) is 9.94. The van der Waals surface area contributed by atoms with E-state index < -0.39 is 0 Å². The van der Waals surface area contributed by atoms with E-state index in [4.69, 9.17) is 4.42 Å². The van der Waals surface area contributed by atoms with Crippen LogP contribution in [0.1, 0.15) is 26.5 Å². The molecule has 0 saturated carbocycles. The summed E-state index contributed by atoms with van der Waals surface area (Å²) in [5.74, 6) is 0.695. The summed E-state index contributed by atoms with van der Waals surface area (Å²) in [6.07, 6.45) is 1.74. The Labute approximate surface area is 90.0 Å². The molecule has 0 spiro atoms. The van der Waals surface area contributed by atoms with E-state index in [1.54, 1.807) is 6.26 Å². The van der Waals surface area contributed by atoms with E-state index >= 15 is 0 Å². The van der Waals surface area contributed by atoms with E-state index in [1.807, 2.05) is 30.3 Å². The molecule has 0 bridgehead atoms. The molecule has 0 N–H and O–H groups in total. The number of hydrogen-bond donors (Lipinski definition) is 0. The van der Waals surface area contributed by atoms with Crippen LogP contribution >= 0.6 is 0 Å². The SMILES string of the molecule is CC(C)(C)c1coc(-c2ccccc2)n1. The Morgan fingerprint density at radius 1 is 1.07 bits per heavy atom. The standard InChI is InChI=1S/C13H15NO/c1-13(2,3)11-9-15-12(14-11)10-7-5-4-6-8-10/h4-9H,1-3H3. The molecule has 2 aromatic rings. The summed E-state index contributed by atoms with van der Waals surface area (Å²) in [6.45, 7) is 6.37. The van der Waals surface area contributed by atoms with Crippen LogP contribution < -0.4 is 0 Å². The highest BCUT2D eigenvalue weighted by atomic mass is 16.3. The second-order valence-corrected chi connectivity index (χ2v) is 4.65. The average Bonchev–Trinajstić information content (AvgIpc) is 2.67. The van der Waals surface area contributed by atoms with Gasteiger partial charge in [0.25, 0.3) is 0 Å². The number of benzene rings is 1. The van der Waals surface area contributed by atoms with E-state index in [1.165, 1.54) is 0 Å². The fourth-order valence-electron chi connectivity index (χ4n) is 1.33. The van der Waals surface area contributed by atoms with Gasteiger partial charge in [-0.15, -0.1) is 0 Å². The summed E-state index contributed by atoms with van der Waals surface area (Å²) >= 11 is 0. The molecular formula is C13H15NO. The molecule has 2 nitrogen and oxygen atoms in total. The van der Waals surface area contributed by atoms with Crippen molar-refractivity contribution in [2.24, 2.45) is 0 Å². The normalized spacial score (nSPS) is 11.7. The van der Waals surface area contributed by atoms with Gasteiger partial charge in [0, 0.05) is 11.0 Å². The molecular weight excluding hydrogens is 186 g/mol. The Kier molecular flexibility index (Phi) is 2.35. The number of aromatic nitrogens is 1. The van der Waals surface area contributed by atoms with Crippen molar-refractivity contribution in [2.45, 2.75) is 26.2 Å². The molecule has 1 aromatic carbocycles. The maximum atomic E-state index is 5.47. The Bertz CT molecular complexity index is 437. The summed E-state index contributed by atoms with van der Waals surface area (Å²) in [4.78, 5) is 4.49. The van der Waals surface area contributed by atoms with Crippen molar-refractivity contribution in [3.05, 3.63) is 42.3 Å². The van der Waals surface area contributed by atoms with E-state index in [2.05, 4.69) is 25.8 Å². The average molecular weight is 201 g/mol. The van der Waals surface area contributed by atoms with Crippen LogP contribution in [0.25, 0.3) is 11.5 Å². The van der Waals surface area contributed by atoms with Gasteiger partial charge < -0.3 is 4.42 Å². The Hall–Kier alpha value is -1.57. The first-order valence-corrected chi connectivity index (χ1v) is 5.09. The fraction of sp³-hybridized carbons (Fsp3) is 0.308. The van der Waals surface area contributed by atoms with Gasteiger partial charge in [0.05, 0.1) is 5.69 Å². The molecule has 2 rings (SSSR count). The first-order valence-electron chi connectivity index (χ1n) is 5.09. The zero-order valence-corrected chi connectivity index (χ0v) is 9.32. The molecule has 1 aromatic heterocycles. The van der Waals surface area contributed by atoms with Crippen LogP contribution in [0.3, 0.4) is 0 Å². The van der Waals surface area contributed by atoms with Crippen LogP contribution in [0, 0.1) is 0 Å². The smallest absolute Gasteiger partial charge is 0.226 e. The van der Waals surface area contributed by atoms with Gasteiger partial charge in [-0.1, -0.05) is 39.0 Å². The Balaban J connectivity index is 2.37. The summed E-state index contributed by atoms with van der Waals surface area (Å²) in [5.41, 5.74) is 2.05. The van der Waals surface area contributed by atoms with Gasteiger partial charge in [-0.2, -0.15) is 0 Å². The zero-order chi connectivity index (χ0) is 10.9. The lowest BCUT2D eigenvalue weighted by Gasteiger charge is -2.12. The first kappa shape index (κ1) is 9.97. The quantitative estimate of drug-likeness (QED) is 0.704. The predicted octanol–water partition coefficient (Wildman–Crippen LogP) is 3.64. The highest BCUT2D eigenvalue weighted by Crippen LogP contribution is 2.25. The van der Waals surface area contributed by atoms with E-state index in [-0.39, 0.29) is 5.41 Å². The minimum absolute atomic E-state index is 0.0382. The molecule has 0 aliphatic carbocycles. The molecule has 1 heterocycles. The number of oxazole rings is 1. The predicted molar refractivity (Wildman–Crippen MR) is 60.6 cm³/mol. The highest BCUT2D eigenvalue weighted by molar-refractivity contribution is 5.52. The highest BCUT2D eigenvalue weighted by Gasteiger charge is 2.18. The molecule has 78 valence electrons. The lowest BCUT2D eigenvalue weighted by atomic mass is 9.93. The lowest BCUT2D eigenvalue weighted by molar-refractivity contribution is 0.544.